The van der Waals surface area contributed by atoms with E-state index in [9.17, 15) is 19.0 Å². The summed E-state index contributed by atoms with van der Waals surface area (Å²) in [4.78, 5) is 39.5. The van der Waals surface area contributed by atoms with Gasteiger partial charge in [0.1, 0.15) is 19.3 Å². The number of allylic oxidation sites excluding steroid dienone is 1. The lowest BCUT2D eigenvalue weighted by atomic mass is 10.0. The lowest BCUT2D eigenvalue weighted by molar-refractivity contribution is -0.870. The van der Waals surface area contributed by atoms with Crippen molar-refractivity contribution in [2.45, 2.75) is 251 Å². The number of ether oxygens (including phenoxy) is 1. The first-order valence-electron chi connectivity index (χ1n) is 25.0. The summed E-state index contributed by atoms with van der Waals surface area (Å²) >= 11 is 0. The van der Waals surface area contributed by atoms with Gasteiger partial charge in [-0.05, 0) is 31.8 Å². The number of unbranched alkanes of at least 4 members (excludes halogenated alkanes) is 29. The lowest BCUT2D eigenvalue weighted by Gasteiger charge is -2.30. The number of hydrogen-bond donors (Lipinski definition) is 1. The molecule has 0 saturated carbocycles. The van der Waals surface area contributed by atoms with Gasteiger partial charge in [0.2, 0.25) is 5.91 Å². The molecule has 9 nitrogen and oxygen atoms in total. The molecule has 0 aliphatic heterocycles. The number of amides is 1. The predicted molar refractivity (Wildman–Crippen MR) is 247 cm³/mol. The van der Waals surface area contributed by atoms with Crippen molar-refractivity contribution >= 4 is 19.7 Å². The van der Waals surface area contributed by atoms with Gasteiger partial charge in [-0.25, -0.2) is 0 Å². The van der Waals surface area contributed by atoms with Crippen LogP contribution in [0.2, 0.25) is 0 Å². The number of carbonyl (C=O) groups excluding carboxylic acids is 2. The van der Waals surface area contributed by atoms with Crippen molar-refractivity contribution in [2.75, 3.05) is 40.9 Å². The number of likely N-dealkylation sites (N-methyl/N-ethyl adjacent to an activating group) is 1. The van der Waals surface area contributed by atoms with Crippen LogP contribution < -0.4 is 10.2 Å². The number of hydrogen-bond acceptors (Lipinski definition) is 7. The Balaban J connectivity index is 5.44. The Labute approximate surface area is 365 Å². The molecular formula is C49H97N2O7P. The summed E-state index contributed by atoms with van der Waals surface area (Å²) in [6.45, 7) is 6.82. The molecule has 1 amide bonds. The Kier molecular flexibility index (Phi) is 39.9. The minimum absolute atomic E-state index is 0.0177. The summed E-state index contributed by atoms with van der Waals surface area (Å²) in [5, 5.41) is 3.00. The van der Waals surface area contributed by atoms with Crippen molar-refractivity contribution in [2.24, 2.45) is 0 Å². The number of phosphoric ester groups is 1. The quantitative estimate of drug-likeness (QED) is 0.0213. The van der Waals surface area contributed by atoms with E-state index in [-0.39, 0.29) is 31.5 Å². The van der Waals surface area contributed by atoms with Gasteiger partial charge in [-0.15, -0.1) is 0 Å². The molecule has 0 spiro atoms. The Morgan fingerprint density at radius 2 is 0.966 bits per heavy atom. The second-order valence-corrected chi connectivity index (χ2v) is 19.7. The van der Waals surface area contributed by atoms with E-state index >= 15 is 0 Å². The van der Waals surface area contributed by atoms with Gasteiger partial charge in [-0.1, -0.05) is 207 Å². The smallest absolute Gasteiger partial charge is 0.306 e. The fraction of sp³-hybridized carbons (Fsp3) is 0.918. The number of phosphoric acid groups is 1. The molecule has 10 heteroatoms. The zero-order valence-electron chi connectivity index (χ0n) is 39.7. The molecule has 0 radical (unpaired) electrons. The van der Waals surface area contributed by atoms with Crippen LogP contribution in [0.1, 0.15) is 239 Å². The van der Waals surface area contributed by atoms with Gasteiger partial charge in [0.15, 0.2) is 0 Å². The van der Waals surface area contributed by atoms with Crippen LogP contribution in [0.25, 0.3) is 0 Å². The van der Waals surface area contributed by atoms with Crippen LogP contribution in [0.4, 0.5) is 0 Å². The van der Waals surface area contributed by atoms with E-state index in [1.54, 1.807) is 0 Å². The third-order valence-electron chi connectivity index (χ3n) is 11.2. The third-order valence-corrected chi connectivity index (χ3v) is 12.2. The molecule has 0 rings (SSSR count). The first kappa shape index (κ1) is 57.8. The van der Waals surface area contributed by atoms with Crippen molar-refractivity contribution in [1.82, 2.24) is 5.32 Å². The van der Waals surface area contributed by atoms with E-state index in [0.717, 1.165) is 57.8 Å². The molecule has 0 aromatic heterocycles. The van der Waals surface area contributed by atoms with Gasteiger partial charge >= 0.3 is 5.97 Å². The SMILES string of the molecule is CCCCCCCCCCC/C=C/C(OC(=O)CCCCCCCCCCCCC)C(COP(=O)([O-])OCC[N+](C)(C)C)NC(=O)CCCCCCCCCCCCC. The summed E-state index contributed by atoms with van der Waals surface area (Å²) in [6, 6.07) is -0.875. The van der Waals surface area contributed by atoms with Gasteiger partial charge in [0, 0.05) is 12.8 Å². The van der Waals surface area contributed by atoms with Gasteiger partial charge in [-0.3, -0.25) is 14.2 Å². The average molecular weight is 857 g/mol. The minimum Gasteiger partial charge on any atom is -0.756 e. The molecule has 3 atom stereocenters. The highest BCUT2D eigenvalue weighted by Gasteiger charge is 2.27. The summed E-state index contributed by atoms with van der Waals surface area (Å²) in [5.74, 6) is -0.535. The lowest BCUT2D eigenvalue weighted by Crippen LogP contribution is -2.47. The number of rotatable bonds is 45. The van der Waals surface area contributed by atoms with E-state index < -0.39 is 20.0 Å². The molecule has 0 fully saturated rings. The average Bonchev–Trinajstić information content (AvgIpc) is 3.18. The Morgan fingerprint density at radius 3 is 1.39 bits per heavy atom. The van der Waals surface area contributed by atoms with Gasteiger partial charge < -0.3 is 28.5 Å². The van der Waals surface area contributed by atoms with E-state index in [4.69, 9.17) is 13.8 Å². The highest BCUT2D eigenvalue weighted by Crippen LogP contribution is 2.38. The molecular weight excluding hydrogens is 760 g/mol. The van der Waals surface area contributed by atoms with E-state index in [0.29, 0.717) is 17.4 Å². The molecule has 350 valence electrons. The van der Waals surface area contributed by atoms with Crippen LogP contribution in [0.3, 0.4) is 0 Å². The molecule has 0 aliphatic rings. The van der Waals surface area contributed by atoms with Gasteiger partial charge in [-0.2, -0.15) is 0 Å². The van der Waals surface area contributed by atoms with Crippen LogP contribution >= 0.6 is 7.82 Å². The number of carbonyl (C=O) groups is 2. The van der Waals surface area contributed by atoms with Crippen molar-refractivity contribution in [1.29, 1.82) is 0 Å². The first-order chi connectivity index (χ1) is 28.4. The summed E-state index contributed by atoms with van der Waals surface area (Å²) in [6.07, 6.45) is 41.7. The highest BCUT2D eigenvalue weighted by atomic mass is 31.2. The van der Waals surface area contributed by atoms with E-state index in [1.807, 2.05) is 33.3 Å². The number of quaternary nitrogens is 1. The molecule has 0 aromatic rings. The largest absolute Gasteiger partial charge is 0.756 e. The molecule has 0 aromatic carbocycles. The Morgan fingerprint density at radius 1 is 0.576 bits per heavy atom. The molecule has 3 unspecified atom stereocenters. The topological polar surface area (TPSA) is 114 Å². The second-order valence-electron chi connectivity index (χ2n) is 18.3. The standard InChI is InChI=1S/C49H97N2O7P/c1-7-10-13-16-19-22-25-28-31-34-37-40-47(58-49(53)42-39-36-33-30-27-24-21-18-15-12-9-3)46(45-57-59(54,55)56-44-43-51(4,5)6)50-48(52)41-38-35-32-29-26-23-20-17-14-11-8-2/h37,40,46-47H,7-36,38-39,41-45H2,1-6H3,(H-,50,52,54,55)/b40-37+. The second kappa shape index (κ2) is 40.8. The fourth-order valence-electron chi connectivity index (χ4n) is 7.29. The maximum atomic E-state index is 13.3. The van der Waals surface area contributed by atoms with E-state index in [1.165, 1.54) is 148 Å². The van der Waals surface area contributed by atoms with Crippen molar-refractivity contribution in [3.63, 3.8) is 0 Å². The fourth-order valence-corrected chi connectivity index (χ4v) is 8.01. The maximum Gasteiger partial charge on any atom is 0.306 e. The van der Waals surface area contributed by atoms with Crippen LogP contribution in [-0.2, 0) is 27.9 Å². The molecule has 0 heterocycles. The Hall–Kier alpha value is -1.25. The molecule has 59 heavy (non-hydrogen) atoms. The Bertz CT molecular complexity index is 1030. The van der Waals surface area contributed by atoms with Gasteiger partial charge in [0.05, 0.1) is 33.8 Å². The van der Waals surface area contributed by atoms with E-state index in [2.05, 4.69) is 26.1 Å². The van der Waals surface area contributed by atoms with Crippen molar-refractivity contribution < 1.29 is 37.3 Å². The molecule has 0 aliphatic carbocycles. The van der Waals surface area contributed by atoms with Gasteiger partial charge in [0.25, 0.3) is 7.82 Å². The van der Waals surface area contributed by atoms with Crippen LogP contribution in [-0.4, -0.2) is 69.4 Å². The monoisotopic (exact) mass is 857 g/mol. The number of nitrogens with one attached hydrogen (secondary N) is 1. The molecule has 0 bridgehead atoms. The summed E-state index contributed by atoms with van der Waals surface area (Å²) in [7, 11) is 1.20. The van der Waals surface area contributed by atoms with Crippen LogP contribution in [0.5, 0.6) is 0 Å². The first-order valence-corrected chi connectivity index (χ1v) is 26.5. The van der Waals surface area contributed by atoms with Crippen molar-refractivity contribution in [3.05, 3.63) is 12.2 Å². The zero-order chi connectivity index (χ0) is 43.7. The predicted octanol–water partition coefficient (Wildman–Crippen LogP) is 13.5. The summed E-state index contributed by atoms with van der Waals surface area (Å²) < 4.78 is 30.0. The van der Waals surface area contributed by atoms with Crippen LogP contribution in [0, 0.1) is 0 Å². The third kappa shape index (κ3) is 41.9. The molecule has 0 saturated heterocycles. The number of nitrogens with zero attached hydrogens (tertiary/aromatic N) is 1. The zero-order valence-corrected chi connectivity index (χ0v) is 40.6. The highest BCUT2D eigenvalue weighted by molar-refractivity contribution is 7.45. The maximum absolute atomic E-state index is 13.3. The molecule has 1 N–H and O–H groups in total. The summed E-state index contributed by atoms with van der Waals surface area (Å²) in [5.41, 5.74) is 0. The van der Waals surface area contributed by atoms with Crippen LogP contribution in [0.15, 0.2) is 12.2 Å². The normalized spacial score (nSPS) is 14.1. The minimum atomic E-state index is -4.67. The van der Waals surface area contributed by atoms with Crippen molar-refractivity contribution in [3.8, 4) is 0 Å². The number of esters is 1.